The Morgan fingerprint density at radius 3 is 1.45 bits per heavy atom. The van der Waals surface area contributed by atoms with Gasteiger partial charge in [-0.3, -0.25) is 0 Å². The molecule has 0 aromatic rings. The largest absolute Gasteiger partial charge is 1.00 e. The number of hydrogen-bond donors (Lipinski definition) is 4. The van der Waals surface area contributed by atoms with Crippen LogP contribution in [0.25, 0.3) is 0 Å². The summed E-state index contributed by atoms with van der Waals surface area (Å²) in [4.78, 5) is 0. The fourth-order valence-electron chi connectivity index (χ4n) is 0.631. The van der Waals surface area contributed by atoms with E-state index in [0.717, 1.165) is 26.2 Å². The Morgan fingerprint density at radius 1 is 0.818 bits per heavy atom. The van der Waals surface area contributed by atoms with Crippen LogP contribution in [-0.2, 0) is 0 Å². The molecule has 0 rings (SSSR count). The van der Waals surface area contributed by atoms with Crippen molar-refractivity contribution in [1.29, 1.82) is 0 Å². The Bertz CT molecular complexity index is 59.5. The van der Waals surface area contributed by atoms with Crippen molar-refractivity contribution >= 4 is 0 Å². The van der Waals surface area contributed by atoms with Crippen molar-refractivity contribution in [2.45, 2.75) is 0 Å². The van der Waals surface area contributed by atoms with E-state index >= 15 is 0 Å². The topological polar surface area (TPSA) is 76.1 Å². The van der Waals surface area contributed by atoms with Crippen LogP contribution in [0.3, 0.4) is 0 Å². The van der Waals surface area contributed by atoms with Gasteiger partial charge in [-0.1, -0.05) is 0 Å². The van der Waals surface area contributed by atoms with Gasteiger partial charge in [0, 0.05) is 39.3 Å². The van der Waals surface area contributed by atoms with E-state index in [2.05, 4.69) is 10.6 Å². The quantitative estimate of drug-likeness (QED) is 0.228. The first kappa shape index (κ1) is 14.4. The smallest absolute Gasteiger partial charge is 1.00 e. The first-order valence-electron chi connectivity index (χ1n) is 3.73. The van der Waals surface area contributed by atoms with Crippen LogP contribution in [0, 0.1) is 0 Å². The summed E-state index contributed by atoms with van der Waals surface area (Å²) < 4.78 is 0. The van der Waals surface area contributed by atoms with Gasteiger partial charge in [-0.2, -0.15) is 0 Å². The number of nitrogens with one attached hydrogen (secondary N) is 2. The molecule has 0 saturated carbocycles. The fraction of sp³-hybridized carbons (Fsp3) is 1.00. The molecule has 11 heavy (non-hydrogen) atoms. The summed E-state index contributed by atoms with van der Waals surface area (Å²) in [5.41, 5.74) is 10.5. The van der Waals surface area contributed by atoms with Crippen molar-refractivity contribution in [3.05, 3.63) is 0 Å². The molecule has 0 aromatic heterocycles. The summed E-state index contributed by atoms with van der Waals surface area (Å²) in [5.74, 6) is 0. The molecule has 6 N–H and O–H groups in total. The van der Waals surface area contributed by atoms with Crippen molar-refractivity contribution < 1.29 is 31.0 Å². The predicted molar refractivity (Wildman–Crippen MR) is 45.0 cm³/mol. The third-order valence-corrected chi connectivity index (χ3v) is 1.12. The van der Waals surface area contributed by atoms with Crippen molar-refractivity contribution in [3.8, 4) is 0 Å². The third-order valence-electron chi connectivity index (χ3n) is 1.12. The Balaban J connectivity index is -0.000000405. The molecular weight excluding hydrogens is 151 g/mol. The molecule has 0 bridgehead atoms. The van der Waals surface area contributed by atoms with Crippen molar-refractivity contribution in [2.24, 2.45) is 11.5 Å². The standard InChI is InChI=1S/C6H18N4.Na.H/c7-1-3-9-5-6-10-4-2-8;;/h9-10H,1-8H2;;/q;+1;-1. The third kappa shape index (κ3) is 13.8. The molecule has 0 fully saturated rings. The van der Waals surface area contributed by atoms with Gasteiger partial charge in [0.2, 0.25) is 0 Å². The number of hydrogen-bond acceptors (Lipinski definition) is 4. The van der Waals surface area contributed by atoms with Gasteiger partial charge in [0.05, 0.1) is 0 Å². The van der Waals surface area contributed by atoms with Gasteiger partial charge in [0.25, 0.3) is 0 Å². The predicted octanol–water partition coefficient (Wildman–Crippen LogP) is -4.80. The molecule has 0 aliphatic rings. The van der Waals surface area contributed by atoms with Gasteiger partial charge in [-0.05, 0) is 0 Å². The Kier molecular flexibility index (Phi) is 17.5. The fourth-order valence-corrected chi connectivity index (χ4v) is 0.631. The Morgan fingerprint density at radius 2 is 1.18 bits per heavy atom. The maximum atomic E-state index is 5.27. The summed E-state index contributed by atoms with van der Waals surface area (Å²) in [7, 11) is 0. The summed E-state index contributed by atoms with van der Waals surface area (Å²) in [6.45, 7) is 5.14. The number of rotatable bonds is 7. The molecule has 0 heterocycles. The van der Waals surface area contributed by atoms with Crippen molar-refractivity contribution in [3.63, 3.8) is 0 Å². The van der Waals surface area contributed by atoms with E-state index < -0.39 is 0 Å². The minimum atomic E-state index is 0. The van der Waals surface area contributed by atoms with Gasteiger partial charge in [0.1, 0.15) is 0 Å². The van der Waals surface area contributed by atoms with E-state index in [1.165, 1.54) is 0 Å². The van der Waals surface area contributed by atoms with Crippen LogP contribution < -0.4 is 51.7 Å². The zero-order valence-electron chi connectivity index (χ0n) is 8.40. The zero-order chi connectivity index (χ0) is 7.66. The molecule has 0 aliphatic carbocycles. The molecule has 64 valence electrons. The molecule has 5 heteroatoms. The normalized spacial score (nSPS) is 9.27. The minimum Gasteiger partial charge on any atom is -1.00 e. The molecule has 0 aromatic carbocycles. The second-order valence-corrected chi connectivity index (χ2v) is 2.08. The van der Waals surface area contributed by atoms with E-state index in [9.17, 15) is 0 Å². The van der Waals surface area contributed by atoms with Gasteiger partial charge in [-0.25, -0.2) is 0 Å². The molecule has 0 radical (unpaired) electrons. The number of nitrogens with two attached hydrogens (primary N) is 2. The summed E-state index contributed by atoms with van der Waals surface area (Å²) in [5, 5.41) is 6.33. The SMILES string of the molecule is NCCNCCNCCN.[H-].[Na+]. The first-order valence-corrected chi connectivity index (χ1v) is 3.73. The minimum absolute atomic E-state index is 0. The Hall–Kier alpha value is 0.840. The molecule has 0 amide bonds. The van der Waals surface area contributed by atoms with Crippen molar-refractivity contribution in [1.82, 2.24) is 10.6 Å². The second-order valence-electron chi connectivity index (χ2n) is 2.08. The van der Waals surface area contributed by atoms with Crippen molar-refractivity contribution in [2.75, 3.05) is 39.3 Å². The molecule has 0 unspecified atom stereocenters. The molecule has 0 spiro atoms. The Labute approximate surface area is 92.2 Å². The molecular formula is C6H19N4Na. The summed E-state index contributed by atoms with van der Waals surface area (Å²) in [6.07, 6.45) is 0. The van der Waals surface area contributed by atoms with Gasteiger partial charge in [0.15, 0.2) is 0 Å². The average molecular weight is 170 g/mol. The maximum absolute atomic E-state index is 5.27. The summed E-state index contributed by atoms with van der Waals surface area (Å²) in [6, 6.07) is 0. The van der Waals surface area contributed by atoms with Crippen LogP contribution in [0.2, 0.25) is 0 Å². The zero-order valence-corrected chi connectivity index (χ0v) is 9.40. The monoisotopic (exact) mass is 170 g/mol. The molecule has 0 aliphatic heterocycles. The second kappa shape index (κ2) is 13.4. The summed E-state index contributed by atoms with van der Waals surface area (Å²) >= 11 is 0. The van der Waals surface area contributed by atoms with Crippen LogP contribution >= 0.6 is 0 Å². The van der Waals surface area contributed by atoms with E-state index in [0.29, 0.717) is 13.1 Å². The molecule has 4 nitrogen and oxygen atoms in total. The first-order chi connectivity index (χ1) is 4.91. The van der Waals surface area contributed by atoms with Crippen LogP contribution in [0.1, 0.15) is 1.43 Å². The van der Waals surface area contributed by atoms with E-state index in [1.54, 1.807) is 0 Å². The van der Waals surface area contributed by atoms with Gasteiger partial charge < -0.3 is 23.5 Å². The van der Waals surface area contributed by atoms with Crippen LogP contribution in [0.5, 0.6) is 0 Å². The van der Waals surface area contributed by atoms with E-state index in [-0.39, 0.29) is 31.0 Å². The van der Waals surface area contributed by atoms with E-state index in [4.69, 9.17) is 11.5 Å². The van der Waals surface area contributed by atoms with Gasteiger partial charge in [-0.15, -0.1) is 0 Å². The van der Waals surface area contributed by atoms with Gasteiger partial charge >= 0.3 is 29.6 Å². The average Bonchev–Trinajstić information content (AvgIpc) is 1.97. The molecule has 0 saturated heterocycles. The maximum Gasteiger partial charge on any atom is 1.00 e. The molecule has 0 atom stereocenters. The van der Waals surface area contributed by atoms with Crippen LogP contribution in [0.15, 0.2) is 0 Å². The van der Waals surface area contributed by atoms with Crippen LogP contribution in [0.4, 0.5) is 0 Å². The van der Waals surface area contributed by atoms with Crippen LogP contribution in [-0.4, -0.2) is 39.3 Å². The van der Waals surface area contributed by atoms with E-state index in [1.807, 2.05) is 0 Å².